The topological polar surface area (TPSA) is 52.2 Å². The summed E-state index contributed by atoms with van der Waals surface area (Å²) in [4.78, 5) is 0. The Labute approximate surface area is 58.1 Å². The van der Waals surface area contributed by atoms with Crippen molar-refractivity contribution < 1.29 is 8.76 Å². The van der Waals surface area contributed by atoms with Crippen molar-refractivity contribution in [1.29, 1.82) is 0 Å². The molecular weight excluding hydrogens is 138 g/mol. The van der Waals surface area contributed by atoms with Crippen molar-refractivity contribution in [2.24, 2.45) is 0 Å². The van der Waals surface area contributed by atoms with Gasteiger partial charge in [-0.25, -0.2) is 0 Å². The summed E-state index contributed by atoms with van der Waals surface area (Å²) in [6, 6.07) is 0. The van der Waals surface area contributed by atoms with Gasteiger partial charge in [0.05, 0.1) is 5.37 Å². The maximum atomic E-state index is 10.3. The van der Waals surface area contributed by atoms with Crippen molar-refractivity contribution in [3.8, 4) is 0 Å². The van der Waals surface area contributed by atoms with Crippen molar-refractivity contribution in [1.82, 2.24) is 5.32 Å². The van der Waals surface area contributed by atoms with E-state index < -0.39 is 11.1 Å². The Balaban J connectivity index is 3.54. The van der Waals surface area contributed by atoms with Gasteiger partial charge in [0.25, 0.3) is 0 Å². The molecule has 0 amide bonds. The van der Waals surface area contributed by atoms with Crippen LogP contribution in [0.1, 0.15) is 19.8 Å². The van der Waals surface area contributed by atoms with E-state index in [1.807, 2.05) is 6.92 Å². The quantitative estimate of drug-likeness (QED) is 0.583. The maximum absolute atomic E-state index is 10.3. The Morgan fingerprint density at radius 3 is 2.44 bits per heavy atom. The number of nitrogens with one attached hydrogen (secondary N) is 1. The molecule has 0 heterocycles. The van der Waals surface area contributed by atoms with Crippen molar-refractivity contribution >= 4 is 11.1 Å². The SMILES string of the molecule is CCCC(NC)S(=O)[O-]. The molecule has 0 bridgehead atoms. The van der Waals surface area contributed by atoms with E-state index in [9.17, 15) is 8.76 Å². The van der Waals surface area contributed by atoms with Crippen molar-refractivity contribution in [3.63, 3.8) is 0 Å². The highest BCUT2D eigenvalue weighted by Gasteiger charge is 2.01. The van der Waals surface area contributed by atoms with Crippen LogP contribution >= 0.6 is 0 Å². The molecule has 3 nitrogen and oxygen atoms in total. The maximum Gasteiger partial charge on any atom is 0.0699 e. The average Bonchev–Trinajstić information content (AvgIpc) is 1.82. The highest BCUT2D eigenvalue weighted by Crippen LogP contribution is 1.97. The highest BCUT2D eigenvalue weighted by atomic mass is 32.2. The average molecular weight is 150 g/mol. The Hall–Kier alpha value is 0.0700. The molecule has 0 spiro atoms. The van der Waals surface area contributed by atoms with Gasteiger partial charge in [-0.15, -0.1) is 0 Å². The van der Waals surface area contributed by atoms with Gasteiger partial charge in [0, 0.05) is 0 Å². The summed E-state index contributed by atoms with van der Waals surface area (Å²) in [5.41, 5.74) is 0. The Bertz CT molecular complexity index is 97.0. The van der Waals surface area contributed by atoms with Gasteiger partial charge in [-0.2, -0.15) is 0 Å². The molecule has 0 aliphatic carbocycles. The molecule has 0 aliphatic rings. The molecule has 0 saturated carbocycles. The van der Waals surface area contributed by atoms with Crippen LogP contribution in [0.3, 0.4) is 0 Å². The first-order valence-corrected chi connectivity index (χ1v) is 4.11. The van der Waals surface area contributed by atoms with Crippen LogP contribution in [0.4, 0.5) is 0 Å². The van der Waals surface area contributed by atoms with Gasteiger partial charge in [-0.05, 0) is 24.5 Å². The van der Waals surface area contributed by atoms with Gasteiger partial charge >= 0.3 is 0 Å². The van der Waals surface area contributed by atoms with E-state index in [-0.39, 0.29) is 5.37 Å². The molecule has 0 radical (unpaired) electrons. The van der Waals surface area contributed by atoms with E-state index in [4.69, 9.17) is 0 Å². The summed E-state index contributed by atoms with van der Waals surface area (Å²) in [6.07, 6.45) is 1.58. The molecule has 2 atom stereocenters. The van der Waals surface area contributed by atoms with Crippen LogP contribution in [-0.4, -0.2) is 21.2 Å². The van der Waals surface area contributed by atoms with E-state index in [0.717, 1.165) is 6.42 Å². The fourth-order valence-corrected chi connectivity index (χ4v) is 1.22. The molecule has 0 aromatic heterocycles. The predicted molar refractivity (Wildman–Crippen MR) is 36.7 cm³/mol. The summed E-state index contributed by atoms with van der Waals surface area (Å²) in [6.45, 7) is 1.96. The molecule has 9 heavy (non-hydrogen) atoms. The van der Waals surface area contributed by atoms with Crippen molar-refractivity contribution in [3.05, 3.63) is 0 Å². The number of hydrogen-bond donors (Lipinski definition) is 1. The summed E-state index contributed by atoms with van der Waals surface area (Å²) >= 11 is -1.96. The molecule has 0 aliphatic heterocycles. The minimum atomic E-state index is -1.96. The zero-order valence-corrected chi connectivity index (χ0v) is 6.53. The van der Waals surface area contributed by atoms with E-state index in [1.165, 1.54) is 0 Å². The lowest BCUT2D eigenvalue weighted by molar-refractivity contribution is 0.500. The Kier molecular flexibility index (Phi) is 4.94. The van der Waals surface area contributed by atoms with Crippen LogP contribution in [0.5, 0.6) is 0 Å². The Morgan fingerprint density at radius 1 is 1.78 bits per heavy atom. The first kappa shape index (κ1) is 9.07. The third kappa shape index (κ3) is 3.61. The first-order chi connectivity index (χ1) is 4.22. The lowest BCUT2D eigenvalue weighted by Crippen LogP contribution is -2.29. The van der Waals surface area contributed by atoms with Crippen LogP contribution in [0.25, 0.3) is 0 Å². The zero-order valence-electron chi connectivity index (χ0n) is 5.72. The summed E-state index contributed by atoms with van der Waals surface area (Å²) in [5, 5.41) is 2.32. The Morgan fingerprint density at radius 2 is 2.33 bits per heavy atom. The second-order valence-corrected chi connectivity index (χ2v) is 2.92. The van der Waals surface area contributed by atoms with E-state index >= 15 is 0 Å². The van der Waals surface area contributed by atoms with Crippen LogP contribution in [-0.2, 0) is 11.1 Å². The minimum Gasteiger partial charge on any atom is -0.771 e. The normalized spacial score (nSPS) is 17.2. The first-order valence-electron chi connectivity index (χ1n) is 2.97. The molecule has 2 unspecified atom stereocenters. The molecule has 0 aromatic carbocycles. The zero-order chi connectivity index (χ0) is 7.28. The fourth-order valence-electron chi connectivity index (χ4n) is 0.599. The van der Waals surface area contributed by atoms with Gasteiger partial charge in [0.15, 0.2) is 0 Å². The van der Waals surface area contributed by atoms with E-state index in [0.29, 0.717) is 6.42 Å². The van der Waals surface area contributed by atoms with Crippen LogP contribution in [0.2, 0.25) is 0 Å². The predicted octanol–water partition coefficient (Wildman–Crippen LogP) is 0.211. The molecule has 4 heteroatoms. The highest BCUT2D eigenvalue weighted by molar-refractivity contribution is 7.79. The van der Waals surface area contributed by atoms with Crippen LogP contribution < -0.4 is 5.32 Å². The second kappa shape index (κ2) is 4.90. The van der Waals surface area contributed by atoms with Crippen LogP contribution in [0, 0.1) is 0 Å². The number of rotatable bonds is 4. The molecule has 1 N–H and O–H groups in total. The molecule has 0 fully saturated rings. The van der Waals surface area contributed by atoms with Crippen LogP contribution in [0.15, 0.2) is 0 Å². The van der Waals surface area contributed by atoms with Gasteiger partial charge in [-0.1, -0.05) is 13.3 Å². The van der Waals surface area contributed by atoms with Gasteiger partial charge in [-0.3, -0.25) is 4.21 Å². The van der Waals surface area contributed by atoms with Crippen molar-refractivity contribution in [2.75, 3.05) is 7.05 Å². The fraction of sp³-hybridized carbons (Fsp3) is 1.00. The van der Waals surface area contributed by atoms with Gasteiger partial charge < -0.3 is 9.87 Å². The smallest absolute Gasteiger partial charge is 0.0699 e. The van der Waals surface area contributed by atoms with Gasteiger partial charge in [0.1, 0.15) is 0 Å². The summed E-state index contributed by atoms with van der Waals surface area (Å²) in [7, 11) is 1.65. The monoisotopic (exact) mass is 150 g/mol. The molecular formula is C5H12NO2S-. The lowest BCUT2D eigenvalue weighted by atomic mass is 10.3. The molecule has 56 valence electrons. The standard InChI is InChI=1S/C5H13NO2S/c1-3-4-5(6-2)9(7)8/h5-6H,3-4H2,1-2H3,(H,7,8)/p-1. The van der Waals surface area contributed by atoms with E-state index in [1.54, 1.807) is 7.05 Å². The third-order valence-electron chi connectivity index (χ3n) is 1.11. The van der Waals surface area contributed by atoms with E-state index in [2.05, 4.69) is 5.32 Å². The third-order valence-corrected chi connectivity index (χ3v) is 2.04. The summed E-state index contributed by atoms with van der Waals surface area (Å²) < 4.78 is 20.5. The summed E-state index contributed by atoms with van der Waals surface area (Å²) in [5.74, 6) is 0. The van der Waals surface area contributed by atoms with Gasteiger partial charge in [0.2, 0.25) is 0 Å². The minimum absolute atomic E-state index is 0.366. The molecule has 0 rings (SSSR count). The molecule has 0 saturated heterocycles. The lowest BCUT2D eigenvalue weighted by Gasteiger charge is -2.17. The largest absolute Gasteiger partial charge is 0.771 e. The number of hydrogen-bond acceptors (Lipinski definition) is 3. The van der Waals surface area contributed by atoms with Crippen molar-refractivity contribution in [2.45, 2.75) is 25.1 Å². The molecule has 0 aromatic rings. The second-order valence-electron chi connectivity index (χ2n) is 1.83.